The number of hydrogen-bond acceptors (Lipinski definition) is 3. The van der Waals surface area contributed by atoms with Crippen molar-refractivity contribution in [3.05, 3.63) is 60.2 Å². The van der Waals surface area contributed by atoms with Crippen LogP contribution >= 0.6 is 11.8 Å². The van der Waals surface area contributed by atoms with Crippen LogP contribution in [-0.2, 0) is 4.79 Å². The molecule has 0 saturated carbocycles. The number of rotatable bonds is 5. The summed E-state index contributed by atoms with van der Waals surface area (Å²) in [6.45, 7) is 3.61. The highest BCUT2D eigenvalue weighted by molar-refractivity contribution is 8.00. The fourth-order valence-electron chi connectivity index (χ4n) is 1.85. The molecule has 0 aliphatic rings. The Morgan fingerprint density at radius 1 is 1.05 bits per heavy atom. The summed E-state index contributed by atoms with van der Waals surface area (Å²) < 4.78 is 0. The van der Waals surface area contributed by atoms with Gasteiger partial charge in [-0.1, -0.05) is 30.3 Å². The lowest BCUT2D eigenvalue weighted by atomic mass is 10.1. The van der Waals surface area contributed by atoms with Crippen molar-refractivity contribution in [3.63, 3.8) is 0 Å². The summed E-state index contributed by atoms with van der Waals surface area (Å²) in [5.74, 6) is -0.0224. The van der Waals surface area contributed by atoms with Gasteiger partial charge in [0.1, 0.15) is 0 Å². The zero-order valence-electron chi connectivity index (χ0n) is 12.1. The van der Waals surface area contributed by atoms with Crippen molar-refractivity contribution in [1.29, 1.82) is 0 Å². The third kappa shape index (κ3) is 4.62. The summed E-state index contributed by atoms with van der Waals surface area (Å²) in [6, 6.07) is 17.1. The number of aliphatic hydroxyl groups excluding tert-OH is 1. The molecule has 0 spiro atoms. The van der Waals surface area contributed by atoms with Crippen molar-refractivity contribution in [2.45, 2.75) is 30.1 Å². The van der Waals surface area contributed by atoms with E-state index in [4.69, 9.17) is 0 Å². The van der Waals surface area contributed by atoms with E-state index in [1.807, 2.05) is 61.5 Å². The molecule has 0 aromatic heterocycles. The van der Waals surface area contributed by atoms with Crippen molar-refractivity contribution in [2.24, 2.45) is 0 Å². The lowest BCUT2D eigenvalue weighted by molar-refractivity contribution is -0.115. The summed E-state index contributed by atoms with van der Waals surface area (Å²) >= 11 is 1.50. The minimum Gasteiger partial charge on any atom is -0.389 e. The fourth-order valence-corrected chi connectivity index (χ4v) is 2.72. The molecule has 0 aliphatic heterocycles. The van der Waals surface area contributed by atoms with E-state index in [1.54, 1.807) is 6.92 Å². The number of carbonyl (C=O) groups is 1. The van der Waals surface area contributed by atoms with Gasteiger partial charge in [-0.2, -0.15) is 0 Å². The molecular weight excluding hydrogens is 282 g/mol. The molecule has 21 heavy (non-hydrogen) atoms. The van der Waals surface area contributed by atoms with Gasteiger partial charge >= 0.3 is 0 Å². The molecule has 2 rings (SSSR count). The number of carbonyl (C=O) groups excluding carboxylic acids is 1. The Bertz CT molecular complexity index is 581. The SMILES string of the molecule is CC(Sc1ccc(C(C)O)cc1)C(=O)Nc1ccccc1. The number of hydrogen-bond donors (Lipinski definition) is 2. The lowest BCUT2D eigenvalue weighted by Gasteiger charge is -2.12. The van der Waals surface area contributed by atoms with Gasteiger partial charge < -0.3 is 10.4 Å². The van der Waals surface area contributed by atoms with E-state index in [1.165, 1.54) is 11.8 Å². The second kappa shape index (κ2) is 7.29. The molecule has 2 aromatic rings. The molecule has 0 saturated heterocycles. The lowest BCUT2D eigenvalue weighted by Crippen LogP contribution is -2.22. The van der Waals surface area contributed by atoms with Gasteiger partial charge in [0.05, 0.1) is 11.4 Å². The van der Waals surface area contributed by atoms with Gasteiger partial charge in [-0.15, -0.1) is 11.8 Å². The third-order valence-electron chi connectivity index (χ3n) is 3.09. The summed E-state index contributed by atoms with van der Waals surface area (Å²) in [4.78, 5) is 13.1. The van der Waals surface area contributed by atoms with Crippen LogP contribution in [0.25, 0.3) is 0 Å². The van der Waals surface area contributed by atoms with Crippen LogP contribution in [0.1, 0.15) is 25.5 Å². The van der Waals surface area contributed by atoms with Crippen LogP contribution in [-0.4, -0.2) is 16.3 Å². The largest absolute Gasteiger partial charge is 0.389 e. The highest BCUT2D eigenvalue weighted by Crippen LogP contribution is 2.25. The maximum absolute atomic E-state index is 12.1. The first-order valence-corrected chi connectivity index (χ1v) is 7.75. The second-order valence-corrected chi connectivity index (χ2v) is 6.27. The maximum Gasteiger partial charge on any atom is 0.237 e. The highest BCUT2D eigenvalue weighted by atomic mass is 32.2. The first-order chi connectivity index (χ1) is 10.1. The van der Waals surface area contributed by atoms with Gasteiger partial charge in [-0.05, 0) is 43.7 Å². The van der Waals surface area contributed by atoms with E-state index in [2.05, 4.69) is 5.32 Å². The van der Waals surface area contributed by atoms with Crippen molar-refractivity contribution < 1.29 is 9.90 Å². The van der Waals surface area contributed by atoms with Crippen molar-refractivity contribution in [1.82, 2.24) is 0 Å². The van der Waals surface area contributed by atoms with Gasteiger partial charge in [0.2, 0.25) is 5.91 Å². The van der Waals surface area contributed by atoms with Crippen LogP contribution in [0.2, 0.25) is 0 Å². The third-order valence-corrected chi connectivity index (χ3v) is 4.20. The van der Waals surface area contributed by atoms with Gasteiger partial charge in [0.25, 0.3) is 0 Å². The average Bonchev–Trinajstić information content (AvgIpc) is 2.48. The van der Waals surface area contributed by atoms with Crippen molar-refractivity contribution in [2.75, 3.05) is 5.32 Å². The van der Waals surface area contributed by atoms with E-state index in [0.717, 1.165) is 16.1 Å². The normalized spacial score (nSPS) is 13.5. The van der Waals surface area contributed by atoms with E-state index in [9.17, 15) is 9.90 Å². The summed E-state index contributed by atoms with van der Waals surface area (Å²) in [6.07, 6.45) is -0.470. The second-order valence-electron chi connectivity index (χ2n) is 4.86. The predicted molar refractivity (Wildman–Crippen MR) is 87.5 cm³/mol. The zero-order chi connectivity index (χ0) is 15.2. The highest BCUT2D eigenvalue weighted by Gasteiger charge is 2.14. The number of nitrogens with one attached hydrogen (secondary N) is 1. The van der Waals surface area contributed by atoms with Gasteiger partial charge in [-0.25, -0.2) is 0 Å². The molecule has 2 unspecified atom stereocenters. The molecule has 0 bridgehead atoms. The predicted octanol–water partition coefficient (Wildman–Crippen LogP) is 3.86. The van der Waals surface area contributed by atoms with Gasteiger partial charge in [-0.3, -0.25) is 4.79 Å². The summed E-state index contributed by atoms with van der Waals surface area (Å²) in [5.41, 5.74) is 1.68. The van der Waals surface area contributed by atoms with Gasteiger partial charge in [0, 0.05) is 10.6 Å². The molecule has 2 N–H and O–H groups in total. The van der Waals surface area contributed by atoms with E-state index in [-0.39, 0.29) is 11.2 Å². The summed E-state index contributed by atoms with van der Waals surface area (Å²) in [7, 11) is 0. The molecule has 1 amide bonds. The summed E-state index contributed by atoms with van der Waals surface area (Å²) in [5, 5.41) is 12.2. The smallest absolute Gasteiger partial charge is 0.237 e. The molecule has 0 fully saturated rings. The average molecular weight is 301 g/mol. The van der Waals surface area contributed by atoms with Crippen molar-refractivity contribution in [3.8, 4) is 0 Å². The monoisotopic (exact) mass is 301 g/mol. The molecule has 0 aliphatic carbocycles. The Morgan fingerprint density at radius 3 is 2.24 bits per heavy atom. The van der Waals surface area contributed by atoms with Crippen LogP contribution in [0.4, 0.5) is 5.69 Å². The Hall–Kier alpha value is -1.78. The molecular formula is C17H19NO2S. The number of benzene rings is 2. The Kier molecular flexibility index (Phi) is 5.42. The quantitative estimate of drug-likeness (QED) is 0.825. The molecule has 0 radical (unpaired) electrons. The number of aliphatic hydroxyl groups is 1. The number of amides is 1. The minimum atomic E-state index is -0.470. The number of para-hydroxylation sites is 1. The molecule has 110 valence electrons. The molecule has 0 heterocycles. The van der Waals surface area contributed by atoms with Crippen LogP contribution < -0.4 is 5.32 Å². The topological polar surface area (TPSA) is 49.3 Å². The van der Waals surface area contributed by atoms with Crippen LogP contribution in [0.15, 0.2) is 59.5 Å². The van der Waals surface area contributed by atoms with Crippen LogP contribution in [0, 0.1) is 0 Å². The number of anilines is 1. The van der Waals surface area contributed by atoms with Crippen LogP contribution in [0.5, 0.6) is 0 Å². The maximum atomic E-state index is 12.1. The minimum absolute atomic E-state index is 0.0224. The fraction of sp³-hybridized carbons (Fsp3) is 0.235. The standard InChI is InChI=1S/C17H19NO2S/c1-12(19)14-8-10-16(11-9-14)21-13(2)17(20)18-15-6-4-3-5-7-15/h3-13,19H,1-2H3,(H,18,20). The zero-order valence-corrected chi connectivity index (χ0v) is 12.9. The van der Waals surface area contributed by atoms with Gasteiger partial charge in [0.15, 0.2) is 0 Å². The first kappa shape index (κ1) is 15.6. The Morgan fingerprint density at radius 2 is 1.67 bits per heavy atom. The molecule has 4 heteroatoms. The van der Waals surface area contributed by atoms with Crippen molar-refractivity contribution >= 4 is 23.4 Å². The van der Waals surface area contributed by atoms with E-state index >= 15 is 0 Å². The molecule has 2 aromatic carbocycles. The molecule has 2 atom stereocenters. The number of thioether (sulfide) groups is 1. The van der Waals surface area contributed by atoms with Crippen LogP contribution in [0.3, 0.4) is 0 Å². The van der Waals surface area contributed by atoms with E-state index in [0.29, 0.717) is 0 Å². The Balaban J connectivity index is 1.94. The Labute approximate surface area is 129 Å². The van der Waals surface area contributed by atoms with E-state index < -0.39 is 6.10 Å². The first-order valence-electron chi connectivity index (χ1n) is 6.87. The molecule has 3 nitrogen and oxygen atoms in total.